The predicted molar refractivity (Wildman–Crippen MR) is 158 cm³/mol. The van der Waals surface area contributed by atoms with Crippen LogP contribution in [0.4, 0.5) is 10.5 Å². The van der Waals surface area contributed by atoms with Crippen molar-refractivity contribution < 1.29 is 38.7 Å². The van der Waals surface area contributed by atoms with Crippen LogP contribution in [0.15, 0.2) is 42.5 Å². The molecule has 10 heteroatoms. The Kier molecular flexibility index (Phi) is 9.89. The number of aliphatic hydroxyl groups excluding tert-OH is 2. The topological polar surface area (TPSA) is 136 Å². The van der Waals surface area contributed by atoms with Gasteiger partial charge in [-0.05, 0) is 48.5 Å². The zero-order chi connectivity index (χ0) is 30.5. The van der Waals surface area contributed by atoms with E-state index in [1.54, 1.807) is 12.1 Å². The molecule has 42 heavy (non-hydrogen) atoms. The van der Waals surface area contributed by atoms with Gasteiger partial charge in [0.15, 0.2) is 11.5 Å². The lowest BCUT2D eigenvalue weighted by molar-refractivity contribution is -0.185. The molecule has 0 spiro atoms. The molecular formula is C32H44N2O8. The maximum atomic E-state index is 13.1. The molecule has 0 aliphatic heterocycles. The second-order valence-corrected chi connectivity index (χ2v) is 11.9. The number of ether oxygens (including phenoxy) is 4. The summed E-state index contributed by atoms with van der Waals surface area (Å²) in [7, 11) is 4.49. The highest BCUT2D eigenvalue weighted by Gasteiger charge is 2.60. The number of methoxy groups -OCH3 is 3. The fourth-order valence-corrected chi connectivity index (χ4v) is 7.28. The minimum atomic E-state index is -0.765. The normalized spacial score (nSPS) is 28.6. The lowest BCUT2D eigenvalue weighted by Gasteiger charge is -2.60. The number of amides is 2. The predicted octanol–water partition coefficient (Wildman–Crippen LogP) is 4.52. The molecule has 0 aromatic heterocycles. The first-order valence-electron chi connectivity index (χ1n) is 14.5. The van der Waals surface area contributed by atoms with Crippen molar-refractivity contribution in [1.82, 2.24) is 5.32 Å². The van der Waals surface area contributed by atoms with Crippen molar-refractivity contribution in [2.24, 2.45) is 22.7 Å². The molecule has 0 unspecified atom stereocenters. The van der Waals surface area contributed by atoms with Crippen molar-refractivity contribution in [3.8, 4) is 17.2 Å². The van der Waals surface area contributed by atoms with E-state index in [9.17, 15) is 19.8 Å². The van der Waals surface area contributed by atoms with E-state index < -0.39 is 29.1 Å². The summed E-state index contributed by atoms with van der Waals surface area (Å²) in [5.74, 6) is 0.713. The molecule has 2 aromatic rings. The Bertz CT molecular complexity index is 1220. The van der Waals surface area contributed by atoms with Gasteiger partial charge in [0.05, 0.1) is 39.7 Å². The molecule has 2 aromatic carbocycles. The van der Waals surface area contributed by atoms with Gasteiger partial charge in [-0.2, -0.15) is 0 Å². The maximum absolute atomic E-state index is 13.1. The van der Waals surface area contributed by atoms with Crippen molar-refractivity contribution in [3.05, 3.63) is 48.0 Å². The van der Waals surface area contributed by atoms with Gasteiger partial charge in [-0.25, -0.2) is 4.79 Å². The van der Waals surface area contributed by atoms with Crippen LogP contribution in [0.5, 0.6) is 17.2 Å². The van der Waals surface area contributed by atoms with Crippen LogP contribution in [0.1, 0.15) is 51.5 Å². The number of benzene rings is 2. The zero-order valence-corrected chi connectivity index (χ0v) is 25.1. The molecule has 0 bridgehead atoms. The van der Waals surface area contributed by atoms with Crippen molar-refractivity contribution in [2.45, 2.75) is 64.7 Å². The Morgan fingerprint density at radius 1 is 0.976 bits per heavy atom. The van der Waals surface area contributed by atoms with E-state index in [1.807, 2.05) is 37.3 Å². The monoisotopic (exact) mass is 584 g/mol. The fraction of sp³-hybridized carbons (Fsp3) is 0.562. The number of fused-ring (bicyclic) bond motifs is 1. The smallest absolute Gasteiger partial charge is 0.411 e. The first-order valence-corrected chi connectivity index (χ1v) is 14.5. The standard InChI is InChI=1S/C32H44N2O8/c1-31-14-13-27(42-30(38)34-21-15-24(39-3)29(41-5)25(16-21)40-4)32(2,19-35)26(31)12-11-23(36)22(31)17-28(37)33-18-20-9-7-6-8-10-20/h6-10,15-16,22-23,26-27,35-36H,11-14,17-19H2,1-5H3,(H,33,37)(H,34,38)/t22-,23-,26+,27-,31+,32+/m1/s1. The summed E-state index contributed by atoms with van der Waals surface area (Å²) in [4.78, 5) is 26.1. The number of hydrogen-bond acceptors (Lipinski definition) is 8. The number of carbonyl (C=O) groups excluding carboxylic acids is 2. The van der Waals surface area contributed by atoms with Gasteiger partial charge in [-0.15, -0.1) is 0 Å². The first-order chi connectivity index (χ1) is 20.1. The second-order valence-electron chi connectivity index (χ2n) is 11.9. The molecule has 2 aliphatic carbocycles. The lowest BCUT2D eigenvalue weighted by Crippen LogP contribution is -2.61. The average molecular weight is 585 g/mol. The summed E-state index contributed by atoms with van der Waals surface area (Å²) in [6, 6.07) is 12.9. The van der Waals surface area contributed by atoms with Gasteiger partial charge in [-0.1, -0.05) is 44.2 Å². The zero-order valence-electron chi connectivity index (χ0n) is 25.1. The highest BCUT2D eigenvalue weighted by Crippen LogP contribution is 2.61. The van der Waals surface area contributed by atoms with E-state index in [4.69, 9.17) is 18.9 Å². The molecule has 4 rings (SSSR count). The van der Waals surface area contributed by atoms with E-state index in [2.05, 4.69) is 17.6 Å². The van der Waals surface area contributed by atoms with E-state index in [0.29, 0.717) is 55.2 Å². The largest absolute Gasteiger partial charge is 0.493 e. The van der Waals surface area contributed by atoms with Crippen molar-refractivity contribution in [3.63, 3.8) is 0 Å². The Morgan fingerprint density at radius 2 is 1.64 bits per heavy atom. The Morgan fingerprint density at radius 3 is 2.24 bits per heavy atom. The SMILES string of the molecule is COc1cc(NC(=O)O[C@@H]2CC[C@]3(C)[C@H](CC[C@@H](O)[C@H]3CC(=O)NCc3ccccc3)[C@]2(C)CO)cc(OC)c1OC. The Balaban J connectivity index is 1.47. The van der Waals surface area contributed by atoms with Gasteiger partial charge in [0, 0.05) is 30.5 Å². The maximum Gasteiger partial charge on any atom is 0.411 e. The quantitative estimate of drug-likeness (QED) is 0.320. The van der Waals surface area contributed by atoms with Crippen LogP contribution in [0.3, 0.4) is 0 Å². The highest BCUT2D eigenvalue weighted by molar-refractivity contribution is 5.86. The van der Waals surface area contributed by atoms with E-state index >= 15 is 0 Å². The van der Waals surface area contributed by atoms with Crippen LogP contribution in [-0.2, 0) is 16.1 Å². The average Bonchev–Trinajstić information content (AvgIpc) is 2.99. The highest BCUT2D eigenvalue weighted by atomic mass is 16.6. The van der Waals surface area contributed by atoms with Gasteiger partial charge in [0.2, 0.25) is 11.7 Å². The summed E-state index contributed by atoms with van der Waals surface area (Å²) < 4.78 is 22.1. The molecule has 2 fully saturated rings. The third-order valence-electron chi connectivity index (χ3n) is 9.57. The summed E-state index contributed by atoms with van der Waals surface area (Å²) in [6.45, 7) is 4.28. The van der Waals surface area contributed by atoms with Gasteiger partial charge >= 0.3 is 6.09 Å². The molecule has 10 nitrogen and oxygen atoms in total. The minimum absolute atomic E-state index is 0.0713. The van der Waals surface area contributed by atoms with Crippen molar-refractivity contribution in [1.29, 1.82) is 0 Å². The molecule has 2 aliphatic rings. The van der Waals surface area contributed by atoms with E-state index in [0.717, 1.165) is 5.56 Å². The van der Waals surface area contributed by atoms with Crippen LogP contribution in [0, 0.1) is 22.7 Å². The van der Waals surface area contributed by atoms with Gasteiger partial charge in [0.25, 0.3) is 0 Å². The summed E-state index contributed by atoms with van der Waals surface area (Å²) in [5.41, 5.74) is 0.225. The number of carbonyl (C=O) groups is 2. The third-order valence-corrected chi connectivity index (χ3v) is 9.57. The fourth-order valence-electron chi connectivity index (χ4n) is 7.28. The molecular weight excluding hydrogens is 540 g/mol. The van der Waals surface area contributed by atoms with Gasteiger partial charge in [0.1, 0.15) is 6.10 Å². The molecule has 230 valence electrons. The third kappa shape index (κ3) is 6.29. The van der Waals surface area contributed by atoms with Crippen LogP contribution in [0.25, 0.3) is 0 Å². The van der Waals surface area contributed by atoms with Crippen LogP contribution in [0.2, 0.25) is 0 Å². The van der Waals surface area contributed by atoms with Crippen LogP contribution in [-0.4, -0.2) is 62.4 Å². The summed E-state index contributed by atoms with van der Waals surface area (Å²) in [5, 5.41) is 27.5. The lowest BCUT2D eigenvalue weighted by atomic mass is 9.46. The van der Waals surface area contributed by atoms with Crippen LogP contribution < -0.4 is 24.8 Å². The number of rotatable bonds is 10. The number of nitrogens with one attached hydrogen (secondary N) is 2. The van der Waals surface area contributed by atoms with E-state index in [-0.39, 0.29) is 30.8 Å². The Hall–Kier alpha value is -3.50. The van der Waals surface area contributed by atoms with E-state index in [1.165, 1.54) is 21.3 Å². The number of hydrogen-bond donors (Lipinski definition) is 4. The first kappa shape index (κ1) is 31.4. The molecule has 4 N–H and O–H groups in total. The van der Waals surface area contributed by atoms with Gasteiger partial charge in [-0.3, -0.25) is 10.1 Å². The molecule has 6 atom stereocenters. The van der Waals surface area contributed by atoms with Crippen LogP contribution >= 0.6 is 0 Å². The molecule has 0 heterocycles. The van der Waals surface area contributed by atoms with Crippen molar-refractivity contribution in [2.75, 3.05) is 33.3 Å². The summed E-state index contributed by atoms with van der Waals surface area (Å²) in [6.07, 6.45) is 0.635. The molecule has 2 saturated carbocycles. The number of anilines is 1. The Labute approximate surface area is 247 Å². The van der Waals surface area contributed by atoms with Crippen molar-refractivity contribution >= 4 is 17.7 Å². The molecule has 2 amide bonds. The molecule has 0 saturated heterocycles. The molecule has 0 radical (unpaired) electrons. The van der Waals surface area contributed by atoms with Gasteiger partial charge < -0.3 is 34.5 Å². The summed E-state index contributed by atoms with van der Waals surface area (Å²) >= 11 is 0. The number of aliphatic hydroxyl groups is 2. The second kappa shape index (κ2) is 13.2. The minimum Gasteiger partial charge on any atom is -0.493 e.